The first-order chi connectivity index (χ1) is 13.5. The van der Waals surface area contributed by atoms with Crippen LogP contribution < -0.4 is 4.90 Å². The van der Waals surface area contributed by atoms with Crippen molar-refractivity contribution in [2.45, 2.75) is 24.9 Å². The van der Waals surface area contributed by atoms with Crippen LogP contribution >= 0.6 is 0 Å². The molecular formula is C19H17F3N6. The molecule has 0 atom stereocenters. The Morgan fingerprint density at radius 2 is 1.79 bits per heavy atom. The largest absolute Gasteiger partial charge is 0.453 e. The second-order valence-electron chi connectivity index (χ2n) is 7.06. The van der Waals surface area contributed by atoms with Gasteiger partial charge in [-0.05, 0) is 42.5 Å². The normalized spacial score (nSPS) is 16.3. The topological polar surface area (TPSA) is 62.1 Å². The van der Waals surface area contributed by atoms with E-state index in [0.717, 1.165) is 36.0 Å². The summed E-state index contributed by atoms with van der Waals surface area (Å²) < 4.78 is 40.0. The third-order valence-electron chi connectivity index (χ3n) is 5.31. The molecule has 4 heterocycles. The van der Waals surface area contributed by atoms with Crippen LogP contribution in [0.1, 0.15) is 30.3 Å². The average Bonchev–Trinajstić information content (AvgIpc) is 3.31. The van der Waals surface area contributed by atoms with E-state index in [2.05, 4.69) is 38.5 Å². The summed E-state index contributed by atoms with van der Waals surface area (Å²) in [6.07, 6.45) is -2.78. The first-order valence-electron chi connectivity index (χ1n) is 9.11. The van der Waals surface area contributed by atoms with Crippen LogP contribution in [-0.2, 0) is 6.18 Å². The highest BCUT2D eigenvalue weighted by Gasteiger charge is 2.38. The van der Waals surface area contributed by atoms with Gasteiger partial charge in [-0.1, -0.05) is 18.2 Å². The number of para-hydroxylation sites is 1. The predicted molar refractivity (Wildman–Crippen MR) is 98.3 cm³/mol. The fourth-order valence-corrected chi connectivity index (χ4v) is 3.86. The molecule has 0 amide bonds. The van der Waals surface area contributed by atoms with Crippen LogP contribution in [0.5, 0.6) is 0 Å². The van der Waals surface area contributed by atoms with E-state index < -0.39 is 12.0 Å². The van der Waals surface area contributed by atoms with Gasteiger partial charge in [0.25, 0.3) is 5.82 Å². The van der Waals surface area contributed by atoms with Crippen LogP contribution in [0.3, 0.4) is 0 Å². The quantitative estimate of drug-likeness (QED) is 0.566. The van der Waals surface area contributed by atoms with Gasteiger partial charge in [0.1, 0.15) is 5.82 Å². The van der Waals surface area contributed by atoms with Gasteiger partial charge in [0, 0.05) is 30.2 Å². The summed E-state index contributed by atoms with van der Waals surface area (Å²) in [5.41, 5.74) is 2.42. The van der Waals surface area contributed by atoms with E-state index >= 15 is 0 Å². The lowest BCUT2D eigenvalue weighted by molar-refractivity contribution is -0.146. The molecule has 0 spiro atoms. The van der Waals surface area contributed by atoms with E-state index in [9.17, 15) is 13.2 Å². The number of nitrogens with one attached hydrogen (secondary N) is 1. The van der Waals surface area contributed by atoms with Crippen LogP contribution in [-0.4, -0.2) is 37.9 Å². The minimum absolute atomic E-state index is 0.0871. The van der Waals surface area contributed by atoms with E-state index in [0.29, 0.717) is 11.7 Å². The first kappa shape index (κ1) is 17.0. The molecule has 144 valence electrons. The lowest BCUT2D eigenvalue weighted by atomic mass is 9.93. The number of benzene rings is 1. The second-order valence-corrected chi connectivity index (χ2v) is 7.06. The molecule has 0 saturated carbocycles. The SMILES string of the molecule is FC(F)(F)c1nnc2ccc(N3CCC(c4cc5ccccc5[nH]4)CC3)nn12. The fourth-order valence-electron chi connectivity index (χ4n) is 3.86. The lowest BCUT2D eigenvalue weighted by Crippen LogP contribution is -2.34. The maximum atomic E-state index is 13.1. The Labute approximate surface area is 158 Å². The molecule has 0 unspecified atom stereocenters. The zero-order chi connectivity index (χ0) is 19.3. The minimum Gasteiger partial charge on any atom is -0.358 e. The van der Waals surface area contributed by atoms with Gasteiger partial charge in [0.2, 0.25) is 0 Å². The second kappa shape index (κ2) is 6.22. The highest BCUT2D eigenvalue weighted by atomic mass is 19.4. The Morgan fingerprint density at radius 1 is 1.00 bits per heavy atom. The van der Waals surface area contributed by atoms with Crippen molar-refractivity contribution in [3.05, 3.63) is 54.0 Å². The third-order valence-corrected chi connectivity index (χ3v) is 5.31. The number of rotatable bonds is 2. The fraction of sp³-hybridized carbons (Fsp3) is 0.316. The molecule has 1 saturated heterocycles. The molecule has 1 fully saturated rings. The molecule has 3 aromatic heterocycles. The Morgan fingerprint density at radius 3 is 2.54 bits per heavy atom. The molecule has 1 N–H and O–H groups in total. The van der Waals surface area contributed by atoms with Gasteiger partial charge >= 0.3 is 6.18 Å². The Bertz CT molecular complexity index is 1100. The van der Waals surface area contributed by atoms with E-state index in [1.807, 2.05) is 17.0 Å². The van der Waals surface area contributed by atoms with Gasteiger partial charge in [0.05, 0.1) is 0 Å². The highest BCUT2D eigenvalue weighted by Crippen LogP contribution is 2.32. The number of anilines is 1. The molecule has 0 aliphatic carbocycles. The maximum Gasteiger partial charge on any atom is 0.453 e. The van der Waals surface area contributed by atoms with Gasteiger partial charge in [-0.3, -0.25) is 0 Å². The molecule has 0 bridgehead atoms. The zero-order valence-corrected chi connectivity index (χ0v) is 14.8. The number of aromatic amines is 1. The molecule has 6 nitrogen and oxygen atoms in total. The molecule has 5 rings (SSSR count). The number of halogens is 3. The molecule has 1 aromatic carbocycles. The summed E-state index contributed by atoms with van der Waals surface area (Å²) >= 11 is 0. The van der Waals surface area contributed by atoms with Crippen molar-refractivity contribution < 1.29 is 13.2 Å². The molecule has 1 aliphatic rings. The van der Waals surface area contributed by atoms with Crippen LogP contribution in [0.2, 0.25) is 0 Å². The smallest absolute Gasteiger partial charge is 0.358 e. The van der Waals surface area contributed by atoms with Crippen molar-refractivity contribution in [1.29, 1.82) is 0 Å². The van der Waals surface area contributed by atoms with Gasteiger partial charge in [0.15, 0.2) is 5.65 Å². The summed E-state index contributed by atoms with van der Waals surface area (Å²) in [7, 11) is 0. The summed E-state index contributed by atoms with van der Waals surface area (Å²) in [6.45, 7) is 1.45. The van der Waals surface area contributed by atoms with Crippen molar-refractivity contribution in [3.8, 4) is 0 Å². The van der Waals surface area contributed by atoms with Crippen LogP contribution in [0.15, 0.2) is 42.5 Å². The Balaban J connectivity index is 1.36. The van der Waals surface area contributed by atoms with Crippen LogP contribution in [0, 0.1) is 0 Å². The first-order valence-corrected chi connectivity index (χ1v) is 9.11. The van der Waals surface area contributed by atoms with Gasteiger partial charge in [-0.15, -0.1) is 15.3 Å². The van der Waals surface area contributed by atoms with Crippen molar-refractivity contribution in [2.24, 2.45) is 0 Å². The maximum absolute atomic E-state index is 13.1. The van der Waals surface area contributed by atoms with Gasteiger partial charge < -0.3 is 9.88 Å². The predicted octanol–water partition coefficient (Wildman–Crippen LogP) is 4.01. The summed E-state index contributed by atoms with van der Waals surface area (Å²) in [5.74, 6) is -0.196. The number of H-pyrrole nitrogens is 1. The number of aromatic nitrogens is 5. The van der Waals surface area contributed by atoms with E-state index in [-0.39, 0.29) is 5.65 Å². The lowest BCUT2D eigenvalue weighted by Gasteiger charge is -2.32. The average molecular weight is 386 g/mol. The number of alkyl halides is 3. The van der Waals surface area contributed by atoms with Crippen molar-refractivity contribution >= 4 is 22.4 Å². The molecule has 28 heavy (non-hydrogen) atoms. The van der Waals surface area contributed by atoms with Crippen LogP contribution in [0.25, 0.3) is 16.6 Å². The molecule has 0 radical (unpaired) electrons. The number of fused-ring (bicyclic) bond motifs is 2. The number of hydrogen-bond acceptors (Lipinski definition) is 4. The summed E-state index contributed by atoms with van der Waals surface area (Å²) in [5, 5.41) is 12.1. The number of piperidine rings is 1. The van der Waals surface area contributed by atoms with Crippen LogP contribution in [0.4, 0.5) is 19.0 Å². The summed E-state index contributed by atoms with van der Waals surface area (Å²) in [6, 6.07) is 13.6. The number of hydrogen-bond donors (Lipinski definition) is 1. The molecule has 4 aromatic rings. The standard InChI is InChI=1S/C19H17F3N6/c20-19(21,22)18-25-24-16-5-6-17(26-28(16)18)27-9-7-12(8-10-27)15-11-13-3-1-2-4-14(13)23-15/h1-6,11-12,23H,7-10H2. The number of nitrogens with zero attached hydrogens (tertiary/aromatic N) is 5. The van der Waals surface area contributed by atoms with Gasteiger partial charge in [-0.25, -0.2) is 0 Å². The highest BCUT2D eigenvalue weighted by molar-refractivity contribution is 5.80. The van der Waals surface area contributed by atoms with E-state index in [1.165, 1.54) is 17.1 Å². The monoisotopic (exact) mass is 386 g/mol. The van der Waals surface area contributed by atoms with Crippen molar-refractivity contribution in [1.82, 2.24) is 24.8 Å². The van der Waals surface area contributed by atoms with Gasteiger partial charge in [-0.2, -0.15) is 17.7 Å². The summed E-state index contributed by atoms with van der Waals surface area (Å²) in [4.78, 5) is 5.50. The Hall–Kier alpha value is -3.10. The molecular weight excluding hydrogens is 369 g/mol. The Kier molecular flexibility index (Phi) is 3.78. The third kappa shape index (κ3) is 2.87. The van der Waals surface area contributed by atoms with E-state index in [1.54, 1.807) is 6.07 Å². The molecule has 1 aliphatic heterocycles. The zero-order valence-electron chi connectivity index (χ0n) is 14.8. The van der Waals surface area contributed by atoms with Crippen molar-refractivity contribution in [2.75, 3.05) is 18.0 Å². The molecule has 9 heteroatoms. The van der Waals surface area contributed by atoms with Crippen molar-refractivity contribution in [3.63, 3.8) is 0 Å². The minimum atomic E-state index is -4.59. The van der Waals surface area contributed by atoms with E-state index in [4.69, 9.17) is 0 Å².